The molecule has 59 heavy (non-hydrogen) atoms. The molecule has 3 aromatic carbocycles. The van der Waals surface area contributed by atoms with Gasteiger partial charge in [-0.1, -0.05) is 43.2 Å². The van der Waals surface area contributed by atoms with Crippen molar-refractivity contribution in [1.82, 2.24) is 25.1 Å². The quantitative estimate of drug-likeness (QED) is 0.0794. The number of aliphatic hydroxyl groups is 1. The zero-order chi connectivity index (χ0) is 42.1. The Kier molecular flexibility index (Phi) is 14.3. The van der Waals surface area contributed by atoms with Gasteiger partial charge in [-0.3, -0.25) is 24.6 Å². The number of amides is 3. The topological polar surface area (TPSA) is 155 Å². The maximum Gasteiger partial charge on any atom is 0.295 e. The van der Waals surface area contributed by atoms with Crippen molar-refractivity contribution in [1.29, 1.82) is 0 Å². The van der Waals surface area contributed by atoms with Crippen LogP contribution in [0.25, 0.3) is 10.9 Å². The number of ether oxygens (including phenoxy) is 3. The van der Waals surface area contributed by atoms with Crippen molar-refractivity contribution in [3.05, 3.63) is 82.7 Å². The highest BCUT2D eigenvalue weighted by Gasteiger charge is 2.31. The lowest BCUT2D eigenvalue weighted by Crippen LogP contribution is -2.50. The summed E-state index contributed by atoms with van der Waals surface area (Å²) in [6.45, 7) is 6.11. The Labute approximate surface area is 343 Å². The average molecular weight is 817 g/mol. The normalized spacial score (nSPS) is 16.8. The molecule has 2 atom stereocenters. The SMILES string of the molecule is COc1cc2c(N[C@H](C)c3cccc(C(F)(F)CO)c3)nc(C)nc2c(CCCCCCN2CCN(C(=O)COc3cccc(C4CCC(=O)NC4=O)c3)CC2)c1OC. The molecule has 15 heteroatoms. The molecule has 2 saturated heterocycles. The van der Waals surface area contributed by atoms with Crippen molar-refractivity contribution >= 4 is 34.4 Å². The molecule has 2 aliphatic rings. The maximum atomic E-state index is 14.3. The van der Waals surface area contributed by atoms with E-state index < -0.39 is 18.4 Å². The molecular weight excluding hydrogens is 763 g/mol. The van der Waals surface area contributed by atoms with Gasteiger partial charge < -0.3 is 29.5 Å². The minimum Gasteiger partial charge on any atom is -0.493 e. The predicted molar refractivity (Wildman–Crippen MR) is 219 cm³/mol. The smallest absolute Gasteiger partial charge is 0.295 e. The maximum absolute atomic E-state index is 14.3. The fourth-order valence-electron chi connectivity index (χ4n) is 7.81. The number of aliphatic hydroxyl groups excluding tert-OH is 1. The lowest BCUT2D eigenvalue weighted by molar-refractivity contribution is -0.136. The first-order valence-electron chi connectivity index (χ1n) is 20.2. The van der Waals surface area contributed by atoms with Gasteiger partial charge in [-0.05, 0) is 81.5 Å². The van der Waals surface area contributed by atoms with Crippen LogP contribution in [0.15, 0.2) is 54.6 Å². The van der Waals surface area contributed by atoms with Crippen LogP contribution >= 0.6 is 0 Å². The number of methoxy groups -OCH3 is 2. The number of alkyl halides is 2. The monoisotopic (exact) mass is 816 g/mol. The van der Waals surface area contributed by atoms with Gasteiger partial charge in [0.15, 0.2) is 18.1 Å². The van der Waals surface area contributed by atoms with Gasteiger partial charge in [0.25, 0.3) is 11.8 Å². The molecule has 6 rings (SSSR count). The first kappa shape index (κ1) is 43.2. The molecule has 0 spiro atoms. The standard InChI is InChI=1S/C44H54F2N6O7/c1-28(30-11-9-13-32(23-30)44(45,46)27-53)47-42-36-25-37(57-3)41(58-4)35(40(36)48-29(2)49-42)15-7-5-6-8-18-51-19-21-52(22-20-51)39(55)26-59-33-14-10-12-31(24-33)34-16-17-38(54)50-43(34)56/h9-14,23-25,28,34,53H,5-8,15-22,26-27H2,1-4H3,(H,47,48,49)(H,50,54,56)/t28-,34?/m1/s1. The van der Waals surface area contributed by atoms with Crippen LogP contribution in [-0.2, 0) is 26.7 Å². The predicted octanol–water partition coefficient (Wildman–Crippen LogP) is 6.06. The molecule has 13 nitrogen and oxygen atoms in total. The van der Waals surface area contributed by atoms with E-state index in [4.69, 9.17) is 24.2 Å². The molecule has 0 aliphatic carbocycles. The number of piperidine rings is 1. The summed E-state index contributed by atoms with van der Waals surface area (Å²) in [5.41, 5.74) is 2.78. The van der Waals surface area contributed by atoms with Crippen LogP contribution in [0.5, 0.6) is 17.2 Å². The second-order valence-electron chi connectivity index (χ2n) is 15.2. The minimum absolute atomic E-state index is 0.0780. The highest BCUT2D eigenvalue weighted by molar-refractivity contribution is 6.01. The Morgan fingerprint density at radius 1 is 1.00 bits per heavy atom. The number of hydrogen-bond acceptors (Lipinski definition) is 11. The number of imide groups is 1. The van der Waals surface area contributed by atoms with E-state index in [0.29, 0.717) is 66.8 Å². The van der Waals surface area contributed by atoms with E-state index >= 15 is 0 Å². The lowest BCUT2D eigenvalue weighted by atomic mass is 9.90. The van der Waals surface area contributed by atoms with Crippen molar-refractivity contribution in [3.63, 3.8) is 0 Å². The van der Waals surface area contributed by atoms with Crippen LogP contribution in [0.3, 0.4) is 0 Å². The third kappa shape index (κ3) is 10.6. The number of fused-ring (bicyclic) bond motifs is 1. The van der Waals surface area contributed by atoms with Crippen molar-refractivity contribution in [2.45, 2.75) is 76.7 Å². The van der Waals surface area contributed by atoms with Crippen LogP contribution in [0.4, 0.5) is 14.6 Å². The summed E-state index contributed by atoms with van der Waals surface area (Å²) in [6, 6.07) is 14.6. The molecule has 0 radical (unpaired) electrons. The number of halogens is 2. The molecule has 2 aliphatic heterocycles. The molecular formula is C44H54F2N6O7. The number of unbranched alkanes of at least 4 members (excludes halogenated alkanes) is 3. The van der Waals surface area contributed by atoms with Crippen LogP contribution in [0.1, 0.15) is 85.5 Å². The number of rotatable bonds is 18. The zero-order valence-electron chi connectivity index (χ0n) is 34.2. The van der Waals surface area contributed by atoms with Crippen LogP contribution in [0, 0.1) is 6.92 Å². The largest absolute Gasteiger partial charge is 0.493 e. The molecule has 3 amide bonds. The van der Waals surface area contributed by atoms with Gasteiger partial charge in [-0.25, -0.2) is 9.97 Å². The van der Waals surface area contributed by atoms with Gasteiger partial charge in [0.2, 0.25) is 11.8 Å². The number of nitrogens with zero attached hydrogens (tertiary/aromatic N) is 4. The fraction of sp³-hybridized carbons (Fsp3) is 0.477. The minimum atomic E-state index is -3.35. The van der Waals surface area contributed by atoms with E-state index in [0.717, 1.165) is 67.3 Å². The summed E-state index contributed by atoms with van der Waals surface area (Å²) in [6.07, 6.45) is 5.38. The number of anilines is 1. The number of hydrogen-bond donors (Lipinski definition) is 3. The summed E-state index contributed by atoms with van der Waals surface area (Å²) in [7, 11) is 3.20. The summed E-state index contributed by atoms with van der Waals surface area (Å²) in [5, 5.41) is 15.7. The molecule has 3 heterocycles. The van der Waals surface area contributed by atoms with Gasteiger partial charge >= 0.3 is 0 Å². The number of nitrogens with one attached hydrogen (secondary N) is 2. The van der Waals surface area contributed by atoms with Crippen molar-refractivity contribution in [2.75, 3.05) is 65.5 Å². The zero-order valence-corrected chi connectivity index (χ0v) is 34.2. The molecule has 1 aromatic heterocycles. The second kappa shape index (κ2) is 19.6. The van der Waals surface area contributed by atoms with E-state index in [9.17, 15) is 28.3 Å². The molecule has 4 aromatic rings. The van der Waals surface area contributed by atoms with Gasteiger partial charge in [0.1, 0.15) is 24.0 Å². The Balaban J connectivity index is 0.980. The highest BCUT2D eigenvalue weighted by Crippen LogP contribution is 2.41. The number of carbonyl (C=O) groups excluding carboxylic acids is 3. The summed E-state index contributed by atoms with van der Waals surface area (Å²) < 4.78 is 46.0. The molecule has 1 unspecified atom stereocenters. The van der Waals surface area contributed by atoms with E-state index in [2.05, 4.69) is 15.5 Å². The van der Waals surface area contributed by atoms with E-state index in [1.807, 2.05) is 30.9 Å². The number of piperazine rings is 1. The molecule has 0 bridgehead atoms. The average Bonchev–Trinajstić information content (AvgIpc) is 3.24. The van der Waals surface area contributed by atoms with E-state index in [1.54, 1.807) is 44.6 Å². The number of carbonyl (C=O) groups is 3. The van der Waals surface area contributed by atoms with Crippen LogP contribution in [-0.4, -0.2) is 103 Å². The van der Waals surface area contributed by atoms with Crippen molar-refractivity contribution in [2.24, 2.45) is 0 Å². The van der Waals surface area contributed by atoms with Crippen molar-refractivity contribution < 1.29 is 42.5 Å². The number of aryl methyl sites for hydroxylation is 2. The first-order valence-corrected chi connectivity index (χ1v) is 20.2. The van der Waals surface area contributed by atoms with E-state index in [-0.39, 0.29) is 35.9 Å². The molecule has 2 fully saturated rings. The van der Waals surface area contributed by atoms with Gasteiger partial charge in [-0.2, -0.15) is 8.78 Å². The van der Waals surface area contributed by atoms with Gasteiger partial charge in [0.05, 0.1) is 25.7 Å². The van der Waals surface area contributed by atoms with Crippen LogP contribution in [0.2, 0.25) is 0 Å². The van der Waals surface area contributed by atoms with Gasteiger partial charge in [0, 0.05) is 55.2 Å². The third-order valence-corrected chi connectivity index (χ3v) is 11.1. The fourth-order valence-corrected chi connectivity index (χ4v) is 7.81. The van der Waals surface area contributed by atoms with Gasteiger partial charge in [-0.15, -0.1) is 0 Å². The Bertz CT molecular complexity index is 2130. The summed E-state index contributed by atoms with van der Waals surface area (Å²) in [4.78, 5) is 50.6. The summed E-state index contributed by atoms with van der Waals surface area (Å²) in [5.74, 6) is -1.62. The van der Waals surface area contributed by atoms with E-state index in [1.165, 1.54) is 12.1 Å². The second-order valence-corrected chi connectivity index (χ2v) is 15.2. The number of benzene rings is 3. The lowest BCUT2D eigenvalue weighted by Gasteiger charge is -2.34. The number of aromatic nitrogens is 2. The highest BCUT2D eigenvalue weighted by atomic mass is 19.3. The molecule has 316 valence electrons. The molecule has 3 N–H and O–H groups in total. The Morgan fingerprint density at radius 2 is 1.76 bits per heavy atom. The Morgan fingerprint density at radius 3 is 2.49 bits per heavy atom. The third-order valence-electron chi connectivity index (χ3n) is 11.1. The van der Waals surface area contributed by atoms with Crippen LogP contribution < -0.4 is 24.8 Å². The Hall–Kier alpha value is -5.41. The molecule has 0 saturated carbocycles. The summed E-state index contributed by atoms with van der Waals surface area (Å²) >= 11 is 0. The first-order chi connectivity index (χ1) is 28.4. The van der Waals surface area contributed by atoms with Crippen molar-refractivity contribution in [3.8, 4) is 17.2 Å².